The molecule has 33 heavy (non-hydrogen) atoms. The molecule has 4 aromatic rings. The van der Waals surface area contributed by atoms with Crippen LogP contribution in [0.4, 0.5) is 4.39 Å². The summed E-state index contributed by atoms with van der Waals surface area (Å²) in [4.78, 5) is 7.47. The fourth-order valence-corrected chi connectivity index (χ4v) is 4.51. The highest BCUT2D eigenvalue weighted by molar-refractivity contribution is 5.84. The molecule has 8 heteroatoms. The SMILES string of the molecule is COc1ccc(-c2ccc3c(CCCN4CCNCC4)cn(-c4cnn(C)c4)c3n2)cc1F. The Morgan fingerprint density at radius 2 is 1.97 bits per heavy atom. The molecule has 1 saturated heterocycles. The number of hydrogen-bond acceptors (Lipinski definition) is 5. The van der Waals surface area contributed by atoms with Crippen molar-refractivity contribution in [2.75, 3.05) is 39.8 Å². The van der Waals surface area contributed by atoms with Crippen LogP contribution in [-0.4, -0.2) is 64.1 Å². The third-order valence-corrected chi connectivity index (χ3v) is 6.28. The Morgan fingerprint density at radius 3 is 2.70 bits per heavy atom. The quantitative estimate of drug-likeness (QED) is 0.470. The van der Waals surface area contributed by atoms with Crippen molar-refractivity contribution in [2.45, 2.75) is 12.8 Å². The summed E-state index contributed by atoms with van der Waals surface area (Å²) in [6, 6.07) is 9.02. The van der Waals surface area contributed by atoms with Gasteiger partial charge in [-0.1, -0.05) is 0 Å². The van der Waals surface area contributed by atoms with Crippen molar-refractivity contribution in [3.63, 3.8) is 0 Å². The fraction of sp³-hybridized carbons (Fsp3) is 0.360. The molecule has 0 spiro atoms. The van der Waals surface area contributed by atoms with E-state index in [1.165, 1.54) is 18.7 Å². The Kier molecular flexibility index (Phi) is 6.11. The number of hydrogen-bond donors (Lipinski definition) is 1. The predicted octanol–water partition coefficient (Wildman–Crippen LogP) is 3.41. The molecule has 7 nitrogen and oxygen atoms in total. The molecule has 172 valence electrons. The number of halogens is 1. The van der Waals surface area contributed by atoms with E-state index in [1.807, 2.05) is 31.6 Å². The molecule has 3 aromatic heterocycles. The van der Waals surface area contributed by atoms with Gasteiger partial charge < -0.3 is 15.0 Å². The first kappa shape index (κ1) is 21.6. The number of fused-ring (bicyclic) bond motifs is 1. The Hall–Kier alpha value is -3.23. The van der Waals surface area contributed by atoms with Gasteiger partial charge in [0.25, 0.3) is 0 Å². The summed E-state index contributed by atoms with van der Waals surface area (Å²) in [6.07, 6.45) is 8.06. The molecule has 0 unspecified atom stereocenters. The lowest BCUT2D eigenvalue weighted by Gasteiger charge is -2.26. The highest BCUT2D eigenvalue weighted by Gasteiger charge is 2.16. The Balaban J connectivity index is 1.48. The molecule has 1 aromatic carbocycles. The minimum atomic E-state index is -0.395. The molecular formula is C25H29FN6O. The van der Waals surface area contributed by atoms with Gasteiger partial charge in [0.05, 0.1) is 24.7 Å². The van der Waals surface area contributed by atoms with Gasteiger partial charge in [0.1, 0.15) is 5.65 Å². The van der Waals surface area contributed by atoms with Crippen molar-refractivity contribution >= 4 is 11.0 Å². The van der Waals surface area contributed by atoms with E-state index >= 15 is 0 Å². The van der Waals surface area contributed by atoms with E-state index in [0.717, 1.165) is 73.5 Å². The summed E-state index contributed by atoms with van der Waals surface area (Å²) >= 11 is 0. The van der Waals surface area contributed by atoms with Crippen molar-refractivity contribution in [2.24, 2.45) is 7.05 Å². The van der Waals surface area contributed by atoms with Gasteiger partial charge in [-0.25, -0.2) is 9.37 Å². The molecule has 0 aliphatic carbocycles. The van der Waals surface area contributed by atoms with Crippen LogP contribution in [0, 0.1) is 5.82 Å². The second kappa shape index (κ2) is 9.33. The van der Waals surface area contributed by atoms with Gasteiger partial charge in [-0.2, -0.15) is 5.10 Å². The summed E-state index contributed by atoms with van der Waals surface area (Å²) in [6.45, 7) is 5.46. The molecule has 0 saturated carbocycles. The number of pyridine rings is 1. The van der Waals surface area contributed by atoms with Crippen LogP contribution in [0.15, 0.2) is 48.9 Å². The van der Waals surface area contributed by atoms with E-state index in [1.54, 1.807) is 10.7 Å². The van der Waals surface area contributed by atoms with Crippen molar-refractivity contribution < 1.29 is 9.13 Å². The molecule has 5 rings (SSSR count). The normalized spacial score (nSPS) is 14.8. The van der Waals surface area contributed by atoms with E-state index in [-0.39, 0.29) is 5.75 Å². The van der Waals surface area contributed by atoms with E-state index < -0.39 is 5.82 Å². The second-order valence-corrected chi connectivity index (χ2v) is 8.51. The van der Waals surface area contributed by atoms with E-state index in [9.17, 15) is 4.39 Å². The summed E-state index contributed by atoms with van der Waals surface area (Å²) < 4.78 is 23.2. The number of aromatic nitrogens is 4. The number of nitrogens with one attached hydrogen (secondary N) is 1. The smallest absolute Gasteiger partial charge is 0.165 e. The molecule has 4 heterocycles. The molecule has 0 amide bonds. The fourth-order valence-electron chi connectivity index (χ4n) is 4.51. The maximum atomic E-state index is 14.3. The van der Waals surface area contributed by atoms with Crippen molar-refractivity contribution in [3.05, 3.63) is 60.3 Å². The van der Waals surface area contributed by atoms with Crippen molar-refractivity contribution in [1.82, 2.24) is 29.5 Å². The molecule has 1 N–H and O–H groups in total. The van der Waals surface area contributed by atoms with Crippen LogP contribution in [0.25, 0.3) is 28.0 Å². The van der Waals surface area contributed by atoms with Gasteiger partial charge in [-0.05, 0) is 55.3 Å². The number of ether oxygens (including phenoxy) is 1. The van der Waals surface area contributed by atoms with Gasteiger partial charge >= 0.3 is 0 Å². The third-order valence-electron chi connectivity index (χ3n) is 6.28. The van der Waals surface area contributed by atoms with Gasteiger partial charge in [0.15, 0.2) is 11.6 Å². The number of nitrogens with zero attached hydrogens (tertiary/aromatic N) is 5. The second-order valence-electron chi connectivity index (χ2n) is 8.51. The average Bonchev–Trinajstić information content (AvgIpc) is 3.43. The van der Waals surface area contributed by atoms with E-state index in [4.69, 9.17) is 9.72 Å². The maximum absolute atomic E-state index is 14.3. The van der Waals surface area contributed by atoms with Gasteiger partial charge in [-0.3, -0.25) is 9.25 Å². The lowest BCUT2D eigenvalue weighted by Crippen LogP contribution is -2.43. The highest BCUT2D eigenvalue weighted by Crippen LogP contribution is 2.29. The Morgan fingerprint density at radius 1 is 1.12 bits per heavy atom. The lowest BCUT2D eigenvalue weighted by atomic mass is 10.1. The third kappa shape index (κ3) is 4.49. The number of rotatable bonds is 7. The van der Waals surface area contributed by atoms with Gasteiger partial charge in [-0.15, -0.1) is 0 Å². The summed E-state index contributed by atoms with van der Waals surface area (Å²) in [5.41, 5.74) is 4.52. The first-order valence-corrected chi connectivity index (χ1v) is 11.4. The minimum Gasteiger partial charge on any atom is -0.494 e. The molecule has 1 fully saturated rings. The Labute approximate surface area is 192 Å². The first-order chi connectivity index (χ1) is 16.1. The summed E-state index contributed by atoms with van der Waals surface area (Å²) in [7, 11) is 3.37. The lowest BCUT2D eigenvalue weighted by molar-refractivity contribution is 0.238. The van der Waals surface area contributed by atoms with Crippen molar-refractivity contribution in [3.8, 4) is 22.7 Å². The maximum Gasteiger partial charge on any atom is 0.165 e. The van der Waals surface area contributed by atoms with Crippen LogP contribution >= 0.6 is 0 Å². The highest BCUT2D eigenvalue weighted by atomic mass is 19.1. The summed E-state index contributed by atoms with van der Waals surface area (Å²) in [5, 5.41) is 8.87. The Bertz CT molecular complexity index is 1260. The predicted molar refractivity (Wildman–Crippen MR) is 127 cm³/mol. The number of aryl methyl sites for hydroxylation is 2. The number of piperazine rings is 1. The molecular weight excluding hydrogens is 419 g/mol. The van der Waals surface area contributed by atoms with Gasteiger partial charge in [0, 0.05) is 56.6 Å². The monoisotopic (exact) mass is 448 g/mol. The van der Waals surface area contributed by atoms with E-state index in [2.05, 4.69) is 32.1 Å². The molecule has 0 radical (unpaired) electrons. The first-order valence-electron chi connectivity index (χ1n) is 11.4. The molecule has 0 atom stereocenters. The zero-order valence-corrected chi connectivity index (χ0v) is 19.1. The van der Waals surface area contributed by atoms with Crippen LogP contribution in [0.5, 0.6) is 5.75 Å². The van der Waals surface area contributed by atoms with Crippen LogP contribution < -0.4 is 10.1 Å². The summed E-state index contributed by atoms with van der Waals surface area (Å²) in [5.74, 6) is -0.168. The van der Waals surface area contributed by atoms with Crippen LogP contribution in [0.1, 0.15) is 12.0 Å². The van der Waals surface area contributed by atoms with Crippen LogP contribution in [-0.2, 0) is 13.5 Å². The molecule has 1 aliphatic heterocycles. The minimum absolute atomic E-state index is 0.227. The number of benzene rings is 1. The number of methoxy groups -OCH3 is 1. The largest absolute Gasteiger partial charge is 0.494 e. The van der Waals surface area contributed by atoms with Gasteiger partial charge in [0.2, 0.25) is 0 Å². The van der Waals surface area contributed by atoms with Crippen molar-refractivity contribution in [1.29, 1.82) is 0 Å². The van der Waals surface area contributed by atoms with E-state index in [0.29, 0.717) is 0 Å². The van der Waals surface area contributed by atoms with Crippen LogP contribution in [0.2, 0.25) is 0 Å². The topological polar surface area (TPSA) is 60.1 Å². The molecule has 0 bridgehead atoms. The van der Waals surface area contributed by atoms with Crippen LogP contribution in [0.3, 0.4) is 0 Å². The molecule has 1 aliphatic rings. The zero-order chi connectivity index (χ0) is 22.8. The standard InChI is InChI=1S/C25H29FN6O/c1-30-17-20(15-28-30)32-16-19(4-3-11-31-12-9-27-10-13-31)21-6-7-23(29-25(21)32)18-5-8-24(33-2)22(26)14-18/h5-8,14-17,27H,3-4,9-13H2,1-2H3. The average molecular weight is 449 g/mol. The zero-order valence-electron chi connectivity index (χ0n) is 19.1.